The normalized spacial score (nSPS) is 23.5. The van der Waals surface area contributed by atoms with Gasteiger partial charge in [0.1, 0.15) is 0 Å². The van der Waals surface area contributed by atoms with Gasteiger partial charge in [-0.25, -0.2) is 8.42 Å². The minimum absolute atomic E-state index is 0.0188. The van der Waals surface area contributed by atoms with Gasteiger partial charge in [0, 0.05) is 32.2 Å². The van der Waals surface area contributed by atoms with Crippen molar-refractivity contribution >= 4 is 15.9 Å². The molecule has 0 saturated carbocycles. The first-order chi connectivity index (χ1) is 11.4. The van der Waals surface area contributed by atoms with E-state index in [1.54, 1.807) is 16.4 Å². The average molecular weight is 351 g/mol. The van der Waals surface area contributed by atoms with Crippen LogP contribution in [-0.2, 0) is 14.8 Å². The van der Waals surface area contributed by atoms with Gasteiger partial charge in [-0.05, 0) is 49.9 Å². The van der Waals surface area contributed by atoms with Crippen LogP contribution < -0.4 is 5.32 Å². The number of rotatable bonds is 3. The highest BCUT2D eigenvalue weighted by atomic mass is 32.2. The van der Waals surface area contributed by atoms with Gasteiger partial charge < -0.3 is 10.2 Å². The maximum atomic E-state index is 13.0. The van der Waals surface area contributed by atoms with Crippen LogP contribution in [0.5, 0.6) is 0 Å². The second kappa shape index (κ2) is 6.82. The second-order valence-corrected chi connectivity index (χ2v) is 8.61. The van der Waals surface area contributed by atoms with Gasteiger partial charge in [-0.3, -0.25) is 4.79 Å². The molecule has 0 spiro atoms. The SMILES string of the molecule is Cc1ccc(S(=O)(=O)N2CCCC(N3CCNCC3=O)C2)cc1C. The van der Waals surface area contributed by atoms with Crippen LogP contribution in [0.15, 0.2) is 23.1 Å². The number of amides is 1. The van der Waals surface area contributed by atoms with Crippen LogP contribution in [0.1, 0.15) is 24.0 Å². The molecular formula is C17H25N3O3S. The highest BCUT2D eigenvalue weighted by Crippen LogP contribution is 2.25. The molecule has 132 valence electrons. The topological polar surface area (TPSA) is 69.7 Å². The number of benzene rings is 1. The highest BCUT2D eigenvalue weighted by Gasteiger charge is 2.35. The molecule has 1 amide bonds. The number of sulfonamides is 1. The first kappa shape index (κ1) is 17.4. The smallest absolute Gasteiger partial charge is 0.243 e. The number of hydrogen-bond acceptors (Lipinski definition) is 4. The van der Waals surface area contributed by atoms with Crippen molar-refractivity contribution < 1.29 is 13.2 Å². The first-order valence-corrected chi connectivity index (χ1v) is 9.91. The van der Waals surface area contributed by atoms with Crippen molar-refractivity contribution in [1.29, 1.82) is 0 Å². The number of hydrogen-bond donors (Lipinski definition) is 1. The van der Waals surface area contributed by atoms with Crippen LogP contribution >= 0.6 is 0 Å². The third-order valence-corrected chi connectivity index (χ3v) is 6.90. The Kier molecular flexibility index (Phi) is 4.94. The van der Waals surface area contributed by atoms with E-state index >= 15 is 0 Å². The van der Waals surface area contributed by atoms with Crippen LogP contribution in [0.2, 0.25) is 0 Å². The van der Waals surface area contributed by atoms with E-state index in [4.69, 9.17) is 0 Å². The number of aryl methyl sites for hydroxylation is 2. The van der Waals surface area contributed by atoms with E-state index in [-0.39, 0.29) is 11.9 Å². The van der Waals surface area contributed by atoms with Gasteiger partial charge in [-0.1, -0.05) is 6.07 Å². The summed E-state index contributed by atoms with van der Waals surface area (Å²) >= 11 is 0. The van der Waals surface area contributed by atoms with Crippen molar-refractivity contribution in [1.82, 2.24) is 14.5 Å². The maximum absolute atomic E-state index is 13.0. The average Bonchev–Trinajstić information content (AvgIpc) is 2.58. The van der Waals surface area contributed by atoms with Crippen molar-refractivity contribution in [2.45, 2.75) is 37.6 Å². The van der Waals surface area contributed by atoms with Gasteiger partial charge in [0.2, 0.25) is 15.9 Å². The Morgan fingerprint density at radius 3 is 2.67 bits per heavy atom. The summed E-state index contributed by atoms with van der Waals surface area (Å²) in [5.41, 5.74) is 2.05. The van der Waals surface area contributed by atoms with E-state index in [9.17, 15) is 13.2 Å². The molecule has 3 rings (SSSR count). The predicted octanol–water partition coefficient (Wildman–Crippen LogP) is 0.888. The molecule has 1 N–H and O–H groups in total. The van der Waals surface area contributed by atoms with Crippen molar-refractivity contribution in [3.05, 3.63) is 29.3 Å². The van der Waals surface area contributed by atoms with Crippen molar-refractivity contribution in [2.75, 3.05) is 32.7 Å². The van der Waals surface area contributed by atoms with E-state index in [0.717, 1.165) is 30.5 Å². The molecule has 0 bridgehead atoms. The molecule has 2 fully saturated rings. The molecule has 2 heterocycles. The van der Waals surface area contributed by atoms with Gasteiger partial charge >= 0.3 is 0 Å². The third kappa shape index (κ3) is 3.34. The molecule has 1 aromatic carbocycles. The van der Waals surface area contributed by atoms with Gasteiger partial charge in [-0.2, -0.15) is 4.31 Å². The summed E-state index contributed by atoms with van der Waals surface area (Å²) in [5, 5.41) is 3.06. The molecule has 0 radical (unpaired) electrons. The quantitative estimate of drug-likeness (QED) is 0.878. The number of piperidine rings is 1. The number of carbonyl (C=O) groups is 1. The van der Waals surface area contributed by atoms with Crippen LogP contribution in [-0.4, -0.2) is 62.3 Å². The molecule has 1 aromatic rings. The molecule has 0 aliphatic carbocycles. The molecule has 1 unspecified atom stereocenters. The Balaban J connectivity index is 1.80. The predicted molar refractivity (Wildman–Crippen MR) is 92.3 cm³/mol. The molecule has 2 saturated heterocycles. The van der Waals surface area contributed by atoms with Crippen LogP contribution in [0.4, 0.5) is 0 Å². The Morgan fingerprint density at radius 1 is 1.17 bits per heavy atom. The molecule has 7 heteroatoms. The zero-order chi connectivity index (χ0) is 17.3. The zero-order valence-corrected chi connectivity index (χ0v) is 15.1. The number of nitrogens with one attached hydrogen (secondary N) is 1. The van der Waals surface area contributed by atoms with E-state index < -0.39 is 10.0 Å². The van der Waals surface area contributed by atoms with Gasteiger partial charge in [0.05, 0.1) is 11.4 Å². The molecule has 2 aliphatic heterocycles. The molecule has 2 aliphatic rings. The van der Waals surface area contributed by atoms with Crippen LogP contribution in [0.3, 0.4) is 0 Å². The van der Waals surface area contributed by atoms with E-state index in [1.807, 2.05) is 24.8 Å². The Labute approximate surface area is 143 Å². The lowest BCUT2D eigenvalue weighted by Crippen LogP contribution is -2.57. The zero-order valence-electron chi connectivity index (χ0n) is 14.3. The lowest BCUT2D eigenvalue weighted by atomic mass is 10.1. The fraction of sp³-hybridized carbons (Fsp3) is 0.588. The Bertz CT molecular complexity index is 733. The minimum Gasteiger partial charge on any atom is -0.336 e. The molecule has 24 heavy (non-hydrogen) atoms. The van der Waals surface area contributed by atoms with Crippen molar-refractivity contribution in [3.63, 3.8) is 0 Å². The standard InChI is InChI=1S/C17H25N3O3S/c1-13-5-6-16(10-14(13)2)24(22,23)19-8-3-4-15(12-19)20-9-7-18-11-17(20)21/h5-6,10,15,18H,3-4,7-9,11-12H2,1-2H3. The number of carbonyl (C=O) groups excluding carboxylic acids is 1. The Morgan fingerprint density at radius 2 is 1.96 bits per heavy atom. The van der Waals surface area contributed by atoms with Crippen LogP contribution in [0.25, 0.3) is 0 Å². The van der Waals surface area contributed by atoms with E-state index in [1.165, 1.54) is 0 Å². The fourth-order valence-electron chi connectivity index (χ4n) is 3.42. The van der Waals surface area contributed by atoms with E-state index in [2.05, 4.69) is 5.32 Å². The van der Waals surface area contributed by atoms with Crippen molar-refractivity contribution in [3.8, 4) is 0 Å². The van der Waals surface area contributed by atoms with Crippen LogP contribution in [0, 0.1) is 13.8 Å². The van der Waals surface area contributed by atoms with Gasteiger partial charge in [0.15, 0.2) is 0 Å². The summed E-state index contributed by atoms with van der Waals surface area (Å²) < 4.78 is 27.5. The molecule has 6 nitrogen and oxygen atoms in total. The lowest BCUT2D eigenvalue weighted by molar-refractivity contribution is -0.135. The largest absolute Gasteiger partial charge is 0.336 e. The molecule has 0 aromatic heterocycles. The molecule has 1 atom stereocenters. The third-order valence-electron chi connectivity index (χ3n) is 5.04. The lowest BCUT2D eigenvalue weighted by Gasteiger charge is -2.40. The van der Waals surface area contributed by atoms with Crippen molar-refractivity contribution in [2.24, 2.45) is 0 Å². The summed E-state index contributed by atoms with van der Waals surface area (Å²) in [7, 11) is -3.51. The second-order valence-electron chi connectivity index (χ2n) is 6.67. The summed E-state index contributed by atoms with van der Waals surface area (Å²) in [6, 6.07) is 5.25. The van der Waals surface area contributed by atoms with Gasteiger partial charge in [0.25, 0.3) is 0 Å². The summed E-state index contributed by atoms with van der Waals surface area (Å²) in [6.45, 7) is 6.58. The maximum Gasteiger partial charge on any atom is 0.243 e. The first-order valence-electron chi connectivity index (χ1n) is 8.47. The fourth-order valence-corrected chi connectivity index (χ4v) is 5.03. The van der Waals surface area contributed by atoms with Gasteiger partial charge in [-0.15, -0.1) is 0 Å². The summed E-state index contributed by atoms with van der Waals surface area (Å²) in [6.07, 6.45) is 1.65. The minimum atomic E-state index is -3.51. The molecular weight excluding hydrogens is 326 g/mol. The van der Waals surface area contributed by atoms with E-state index in [0.29, 0.717) is 31.1 Å². The monoisotopic (exact) mass is 351 g/mol. The summed E-state index contributed by atoms with van der Waals surface area (Å²) in [5.74, 6) is 0.0664. The number of piperazine rings is 1. The number of nitrogens with zero attached hydrogens (tertiary/aromatic N) is 2. The Hall–Kier alpha value is -1.44. The summed E-state index contributed by atoms with van der Waals surface area (Å²) in [4.78, 5) is 14.3. The highest BCUT2D eigenvalue weighted by molar-refractivity contribution is 7.89.